The van der Waals surface area contributed by atoms with Crippen LogP contribution in [0.3, 0.4) is 0 Å². The van der Waals surface area contributed by atoms with Gasteiger partial charge in [-0.05, 0) is 31.7 Å². The van der Waals surface area contributed by atoms with Gasteiger partial charge in [0, 0.05) is 18.0 Å². The third-order valence-electron chi connectivity index (χ3n) is 4.22. The molecule has 0 spiro atoms. The molecule has 4 nitrogen and oxygen atoms in total. The molecule has 1 aromatic heterocycles. The van der Waals surface area contributed by atoms with Crippen LogP contribution in [-0.2, 0) is 6.54 Å². The highest BCUT2D eigenvalue weighted by molar-refractivity contribution is 7.11. The molecule has 1 N–H and O–H groups in total. The molecule has 2 unspecified atom stereocenters. The van der Waals surface area contributed by atoms with Gasteiger partial charge in [-0.2, -0.15) is 0 Å². The lowest BCUT2D eigenvalue weighted by Crippen LogP contribution is -2.34. The lowest BCUT2D eigenvalue weighted by Gasteiger charge is -2.31. The van der Waals surface area contributed by atoms with E-state index in [4.69, 9.17) is 5.11 Å². The Kier molecular flexibility index (Phi) is 3.35. The molecule has 98 valence electrons. The number of hydrogen-bond acceptors (Lipinski definition) is 4. The van der Waals surface area contributed by atoms with Crippen molar-refractivity contribution in [3.63, 3.8) is 0 Å². The van der Waals surface area contributed by atoms with Gasteiger partial charge in [0.15, 0.2) is 0 Å². The molecule has 3 rings (SSSR count). The molecule has 1 saturated heterocycles. The van der Waals surface area contributed by atoms with Crippen molar-refractivity contribution >= 4 is 17.3 Å². The first-order valence-electron chi connectivity index (χ1n) is 6.66. The summed E-state index contributed by atoms with van der Waals surface area (Å²) >= 11 is 1.23. The Morgan fingerprint density at radius 2 is 2.28 bits per heavy atom. The number of rotatable bonds is 3. The third kappa shape index (κ3) is 2.29. The Morgan fingerprint density at radius 1 is 1.44 bits per heavy atom. The van der Waals surface area contributed by atoms with E-state index in [0.717, 1.165) is 24.7 Å². The van der Waals surface area contributed by atoms with E-state index in [2.05, 4.69) is 9.88 Å². The molecule has 18 heavy (non-hydrogen) atoms. The predicted molar refractivity (Wildman–Crippen MR) is 69.8 cm³/mol. The molecular weight excluding hydrogens is 248 g/mol. The second kappa shape index (κ2) is 4.97. The van der Waals surface area contributed by atoms with Crippen LogP contribution in [0.5, 0.6) is 0 Å². The maximum Gasteiger partial charge on any atom is 0.365 e. The van der Waals surface area contributed by atoms with Crippen LogP contribution in [0.15, 0.2) is 5.38 Å². The van der Waals surface area contributed by atoms with Gasteiger partial charge in [0.1, 0.15) is 0 Å². The van der Waals surface area contributed by atoms with Gasteiger partial charge in [-0.3, -0.25) is 4.90 Å². The van der Waals surface area contributed by atoms with Crippen LogP contribution in [0.2, 0.25) is 0 Å². The highest BCUT2D eigenvalue weighted by atomic mass is 32.1. The zero-order valence-electron chi connectivity index (χ0n) is 10.3. The lowest BCUT2D eigenvalue weighted by molar-refractivity contribution is 0.0696. The van der Waals surface area contributed by atoms with Gasteiger partial charge in [0.2, 0.25) is 5.01 Å². The largest absolute Gasteiger partial charge is 0.476 e. The minimum absolute atomic E-state index is 0.212. The van der Waals surface area contributed by atoms with Gasteiger partial charge in [-0.1, -0.05) is 12.8 Å². The van der Waals surface area contributed by atoms with Crippen molar-refractivity contribution in [3.05, 3.63) is 16.1 Å². The highest BCUT2D eigenvalue weighted by Crippen LogP contribution is 2.36. The number of aromatic carboxylic acids is 1. The number of fused-ring (bicyclic) bond motifs is 1. The van der Waals surface area contributed by atoms with Gasteiger partial charge >= 0.3 is 5.97 Å². The molecule has 0 radical (unpaired) electrons. The first-order chi connectivity index (χ1) is 8.74. The molecule has 1 aromatic rings. The summed E-state index contributed by atoms with van der Waals surface area (Å²) in [6.45, 7) is 1.97. The van der Waals surface area contributed by atoms with Crippen LogP contribution in [0.4, 0.5) is 0 Å². The van der Waals surface area contributed by atoms with Gasteiger partial charge < -0.3 is 5.11 Å². The average molecular weight is 266 g/mol. The Hall–Kier alpha value is -0.940. The Labute approximate surface area is 111 Å². The fraction of sp³-hybridized carbons (Fsp3) is 0.692. The molecule has 0 amide bonds. The standard InChI is InChI=1S/C13H18N2O2S/c16-13(17)12-14-10(8-18-12)7-15-6-5-9-3-1-2-4-11(9)15/h8-9,11H,1-7H2,(H,16,17). The van der Waals surface area contributed by atoms with E-state index in [1.807, 2.05) is 5.38 Å². The third-order valence-corrected chi connectivity index (χ3v) is 5.10. The number of thiazole rings is 1. The van der Waals surface area contributed by atoms with Crippen molar-refractivity contribution in [2.45, 2.75) is 44.7 Å². The molecule has 5 heteroatoms. The maximum atomic E-state index is 10.8. The quantitative estimate of drug-likeness (QED) is 0.913. The molecule has 1 saturated carbocycles. The minimum Gasteiger partial charge on any atom is -0.476 e. The van der Waals surface area contributed by atoms with Crippen LogP contribution in [-0.4, -0.2) is 33.5 Å². The minimum atomic E-state index is -0.914. The van der Waals surface area contributed by atoms with E-state index in [1.54, 1.807) is 0 Å². The fourth-order valence-corrected chi connectivity index (χ4v) is 4.03. The molecule has 2 aliphatic rings. The zero-order chi connectivity index (χ0) is 12.5. The molecule has 0 bridgehead atoms. The van der Waals surface area contributed by atoms with Gasteiger partial charge in [-0.15, -0.1) is 11.3 Å². The SMILES string of the molecule is O=C(O)c1nc(CN2CCC3CCCCC32)cs1. The van der Waals surface area contributed by atoms with Crippen molar-refractivity contribution in [1.29, 1.82) is 0 Å². The number of hydrogen-bond donors (Lipinski definition) is 1. The summed E-state index contributed by atoms with van der Waals surface area (Å²) < 4.78 is 0. The van der Waals surface area contributed by atoms with Crippen LogP contribution in [0, 0.1) is 5.92 Å². The smallest absolute Gasteiger partial charge is 0.365 e. The molecule has 2 heterocycles. The molecule has 1 aliphatic carbocycles. The molecule has 2 fully saturated rings. The van der Waals surface area contributed by atoms with Crippen molar-refractivity contribution in [2.24, 2.45) is 5.92 Å². The topological polar surface area (TPSA) is 53.4 Å². The summed E-state index contributed by atoms with van der Waals surface area (Å²) in [5.41, 5.74) is 0.920. The summed E-state index contributed by atoms with van der Waals surface area (Å²) in [6, 6.07) is 0.716. The van der Waals surface area contributed by atoms with Crippen molar-refractivity contribution in [3.8, 4) is 0 Å². The Bertz CT molecular complexity index is 446. The Balaban J connectivity index is 1.66. The number of aromatic nitrogens is 1. The van der Waals surface area contributed by atoms with E-state index in [9.17, 15) is 4.79 Å². The van der Waals surface area contributed by atoms with Gasteiger partial charge in [-0.25, -0.2) is 9.78 Å². The summed E-state index contributed by atoms with van der Waals surface area (Å²) in [5.74, 6) is -0.0421. The number of carboxylic acids is 1. The first-order valence-corrected chi connectivity index (χ1v) is 7.54. The van der Waals surface area contributed by atoms with Gasteiger partial charge in [0.05, 0.1) is 5.69 Å². The predicted octanol–water partition coefficient (Wildman–Crippen LogP) is 2.61. The van der Waals surface area contributed by atoms with E-state index in [1.165, 1.54) is 43.4 Å². The Morgan fingerprint density at radius 3 is 3.06 bits per heavy atom. The summed E-state index contributed by atoms with van der Waals surface area (Å²) in [4.78, 5) is 17.5. The summed E-state index contributed by atoms with van der Waals surface area (Å²) in [7, 11) is 0. The molecule has 0 aromatic carbocycles. The second-order valence-electron chi connectivity index (χ2n) is 5.32. The van der Waals surface area contributed by atoms with E-state index >= 15 is 0 Å². The van der Waals surface area contributed by atoms with Crippen LogP contribution in [0.25, 0.3) is 0 Å². The first kappa shape index (κ1) is 12.1. The van der Waals surface area contributed by atoms with E-state index < -0.39 is 5.97 Å². The average Bonchev–Trinajstić information content (AvgIpc) is 2.98. The van der Waals surface area contributed by atoms with Crippen molar-refractivity contribution in [2.75, 3.05) is 6.54 Å². The van der Waals surface area contributed by atoms with E-state index in [0.29, 0.717) is 6.04 Å². The number of carbonyl (C=O) groups is 1. The van der Waals surface area contributed by atoms with Crippen LogP contribution in [0.1, 0.15) is 47.6 Å². The fourth-order valence-electron chi connectivity index (χ4n) is 3.39. The monoisotopic (exact) mass is 266 g/mol. The van der Waals surface area contributed by atoms with Crippen LogP contribution >= 0.6 is 11.3 Å². The summed E-state index contributed by atoms with van der Waals surface area (Å²) in [5, 5.41) is 11.0. The number of likely N-dealkylation sites (tertiary alicyclic amines) is 1. The lowest BCUT2D eigenvalue weighted by atomic mass is 9.85. The normalized spacial score (nSPS) is 28.2. The highest BCUT2D eigenvalue weighted by Gasteiger charge is 2.35. The van der Waals surface area contributed by atoms with Crippen molar-refractivity contribution in [1.82, 2.24) is 9.88 Å². The van der Waals surface area contributed by atoms with Crippen molar-refractivity contribution < 1.29 is 9.90 Å². The number of nitrogens with zero attached hydrogens (tertiary/aromatic N) is 2. The molecule has 2 atom stereocenters. The maximum absolute atomic E-state index is 10.8. The second-order valence-corrected chi connectivity index (χ2v) is 6.18. The molecular formula is C13H18N2O2S. The van der Waals surface area contributed by atoms with Crippen LogP contribution < -0.4 is 0 Å². The molecule has 1 aliphatic heterocycles. The van der Waals surface area contributed by atoms with E-state index in [-0.39, 0.29) is 5.01 Å². The summed E-state index contributed by atoms with van der Waals surface area (Å²) in [6.07, 6.45) is 6.71. The number of carboxylic acid groups (broad SMARTS) is 1. The van der Waals surface area contributed by atoms with Gasteiger partial charge in [0.25, 0.3) is 0 Å². The zero-order valence-corrected chi connectivity index (χ0v) is 11.2.